The Morgan fingerprint density at radius 1 is 1.82 bits per heavy atom. The van der Waals surface area contributed by atoms with Crippen molar-refractivity contribution in [1.82, 2.24) is 4.90 Å². The normalized spacial score (nSPS) is 23.3. The highest BCUT2D eigenvalue weighted by molar-refractivity contribution is 5.93. The Balaban J connectivity index is 2.43. The van der Waals surface area contributed by atoms with Gasteiger partial charge in [0.2, 0.25) is 0 Å². The number of likely N-dealkylation sites (tertiary alicyclic amines) is 1. The Hall–Kier alpha value is -1.01. The highest BCUT2D eigenvalue weighted by Gasteiger charge is 2.24. The predicted octanol–water partition coefficient (Wildman–Crippen LogP) is -0.133. The molecule has 1 rings (SSSR count). The van der Waals surface area contributed by atoms with Gasteiger partial charge >= 0.3 is 0 Å². The third-order valence-corrected chi connectivity index (χ3v) is 1.89. The average molecular weight is 153 g/mol. The second-order valence-corrected chi connectivity index (χ2v) is 2.54. The van der Waals surface area contributed by atoms with E-state index in [1.807, 2.05) is 0 Å². The molecule has 1 aliphatic heterocycles. The molecule has 1 atom stereocenters. The van der Waals surface area contributed by atoms with Crippen LogP contribution in [0.1, 0.15) is 6.42 Å². The molecule has 1 saturated heterocycles. The molecule has 0 bridgehead atoms. The summed E-state index contributed by atoms with van der Waals surface area (Å²) in [5.41, 5.74) is 0. The molecule has 1 amide bonds. The van der Waals surface area contributed by atoms with Gasteiger partial charge in [0.25, 0.3) is 5.91 Å². The van der Waals surface area contributed by atoms with Gasteiger partial charge in [-0.1, -0.05) is 0 Å². The molecule has 0 aromatic carbocycles. The number of rotatable bonds is 1. The molecule has 0 aliphatic carbocycles. The van der Waals surface area contributed by atoms with Gasteiger partial charge in [-0.3, -0.25) is 4.79 Å². The maximum atomic E-state index is 10.9. The first-order chi connectivity index (χ1) is 5.27. The minimum absolute atomic E-state index is 0.173. The molecule has 1 fully saturated rings. The van der Waals surface area contributed by atoms with Crippen molar-refractivity contribution < 1.29 is 9.53 Å². The Morgan fingerprint density at radius 3 is 3.00 bits per heavy atom. The number of hydrogen-bond acceptors (Lipinski definition) is 2. The van der Waals surface area contributed by atoms with E-state index in [0.29, 0.717) is 6.54 Å². The van der Waals surface area contributed by atoms with E-state index in [-0.39, 0.29) is 12.0 Å². The van der Waals surface area contributed by atoms with Crippen LogP contribution in [0.4, 0.5) is 0 Å². The fourth-order valence-electron chi connectivity index (χ4n) is 1.20. The first kappa shape index (κ1) is 8.09. The number of methoxy groups -OCH3 is 1. The molecule has 3 heteroatoms. The summed E-state index contributed by atoms with van der Waals surface area (Å²) in [4.78, 5) is 12.5. The number of nitrogens with zero attached hydrogens (tertiary/aromatic N) is 1. The van der Waals surface area contributed by atoms with Crippen molar-refractivity contribution in [2.45, 2.75) is 12.5 Å². The number of terminal acetylenes is 1. The van der Waals surface area contributed by atoms with Gasteiger partial charge in [0, 0.05) is 20.2 Å². The van der Waals surface area contributed by atoms with E-state index in [1.165, 1.54) is 0 Å². The lowest BCUT2D eigenvalue weighted by atomic mass is 10.3. The zero-order valence-corrected chi connectivity index (χ0v) is 6.54. The van der Waals surface area contributed by atoms with Crippen LogP contribution in [0.25, 0.3) is 0 Å². The van der Waals surface area contributed by atoms with Crippen molar-refractivity contribution >= 4 is 5.91 Å². The summed E-state index contributed by atoms with van der Waals surface area (Å²) >= 11 is 0. The minimum atomic E-state index is -0.232. The third-order valence-electron chi connectivity index (χ3n) is 1.89. The van der Waals surface area contributed by atoms with Crippen molar-refractivity contribution in [3.8, 4) is 12.3 Å². The molecule has 1 heterocycles. The molecular weight excluding hydrogens is 142 g/mol. The summed E-state index contributed by atoms with van der Waals surface area (Å²) in [6.07, 6.45) is 6.02. The monoisotopic (exact) mass is 153 g/mol. The van der Waals surface area contributed by atoms with Crippen LogP contribution in [0.5, 0.6) is 0 Å². The van der Waals surface area contributed by atoms with Crippen LogP contribution in [0.2, 0.25) is 0 Å². The van der Waals surface area contributed by atoms with Crippen molar-refractivity contribution in [2.24, 2.45) is 0 Å². The molecule has 0 aromatic heterocycles. The van der Waals surface area contributed by atoms with Crippen molar-refractivity contribution in [1.29, 1.82) is 0 Å². The van der Waals surface area contributed by atoms with E-state index in [1.54, 1.807) is 12.0 Å². The van der Waals surface area contributed by atoms with Crippen LogP contribution in [0, 0.1) is 12.3 Å². The van der Waals surface area contributed by atoms with E-state index < -0.39 is 0 Å². The van der Waals surface area contributed by atoms with Crippen LogP contribution >= 0.6 is 0 Å². The molecule has 0 saturated carbocycles. The maximum absolute atomic E-state index is 10.9. The molecule has 0 aromatic rings. The third kappa shape index (κ3) is 1.72. The van der Waals surface area contributed by atoms with Crippen molar-refractivity contribution in [3.05, 3.63) is 0 Å². The fraction of sp³-hybridized carbons (Fsp3) is 0.625. The van der Waals surface area contributed by atoms with Gasteiger partial charge in [-0.2, -0.15) is 0 Å². The Morgan fingerprint density at radius 2 is 2.55 bits per heavy atom. The molecule has 11 heavy (non-hydrogen) atoms. The lowest BCUT2D eigenvalue weighted by molar-refractivity contribution is -0.124. The molecule has 0 N–H and O–H groups in total. The molecule has 1 unspecified atom stereocenters. The van der Waals surface area contributed by atoms with Crippen LogP contribution in [-0.2, 0) is 9.53 Å². The molecular formula is C8H11NO2. The lowest BCUT2D eigenvalue weighted by Gasteiger charge is -2.11. The van der Waals surface area contributed by atoms with Gasteiger partial charge in [0.1, 0.15) is 0 Å². The number of ether oxygens (including phenoxy) is 1. The maximum Gasteiger partial charge on any atom is 0.298 e. The van der Waals surface area contributed by atoms with Gasteiger partial charge in [-0.25, -0.2) is 0 Å². The van der Waals surface area contributed by atoms with Crippen LogP contribution < -0.4 is 0 Å². The van der Waals surface area contributed by atoms with E-state index in [0.717, 1.165) is 13.0 Å². The number of hydrogen-bond donors (Lipinski definition) is 0. The number of carbonyl (C=O) groups is 1. The van der Waals surface area contributed by atoms with Gasteiger partial charge < -0.3 is 9.64 Å². The standard InChI is InChI=1S/C8H11NO2/c1-3-8(10)9-5-4-7(6-9)11-2/h1,7H,4-6H2,2H3. The van der Waals surface area contributed by atoms with Gasteiger partial charge in [-0.05, 0) is 12.3 Å². The second kappa shape index (κ2) is 3.40. The average Bonchev–Trinajstić information content (AvgIpc) is 2.50. The highest BCUT2D eigenvalue weighted by Crippen LogP contribution is 2.10. The van der Waals surface area contributed by atoms with E-state index in [9.17, 15) is 4.79 Å². The van der Waals surface area contributed by atoms with E-state index >= 15 is 0 Å². The lowest BCUT2D eigenvalue weighted by Crippen LogP contribution is -2.28. The number of carbonyl (C=O) groups excluding carboxylic acids is 1. The predicted molar refractivity (Wildman–Crippen MR) is 40.8 cm³/mol. The zero-order valence-electron chi connectivity index (χ0n) is 6.54. The minimum Gasteiger partial charge on any atom is -0.380 e. The largest absolute Gasteiger partial charge is 0.380 e. The van der Waals surface area contributed by atoms with Crippen LogP contribution in [-0.4, -0.2) is 37.1 Å². The van der Waals surface area contributed by atoms with Crippen LogP contribution in [0.15, 0.2) is 0 Å². The SMILES string of the molecule is C#CC(=O)N1CCC(OC)C1. The zero-order chi connectivity index (χ0) is 8.27. The summed E-state index contributed by atoms with van der Waals surface area (Å²) in [5.74, 6) is 1.85. The quantitative estimate of drug-likeness (QED) is 0.491. The molecule has 60 valence electrons. The first-order valence-corrected chi connectivity index (χ1v) is 3.56. The second-order valence-electron chi connectivity index (χ2n) is 2.54. The molecule has 0 spiro atoms. The molecule has 0 radical (unpaired) electrons. The van der Waals surface area contributed by atoms with Crippen LogP contribution in [0.3, 0.4) is 0 Å². The Kier molecular flexibility index (Phi) is 2.50. The first-order valence-electron chi connectivity index (χ1n) is 3.56. The van der Waals surface area contributed by atoms with E-state index in [2.05, 4.69) is 5.92 Å². The Labute approximate surface area is 66.3 Å². The summed E-state index contributed by atoms with van der Waals surface area (Å²) < 4.78 is 5.07. The van der Waals surface area contributed by atoms with Gasteiger partial charge in [0.05, 0.1) is 6.10 Å². The van der Waals surface area contributed by atoms with E-state index in [4.69, 9.17) is 11.2 Å². The fourth-order valence-corrected chi connectivity index (χ4v) is 1.20. The summed E-state index contributed by atoms with van der Waals surface area (Å²) in [7, 11) is 1.65. The highest BCUT2D eigenvalue weighted by atomic mass is 16.5. The van der Waals surface area contributed by atoms with Crippen molar-refractivity contribution in [2.75, 3.05) is 20.2 Å². The smallest absolute Gasteiger partial charge is 0.298 e. The van der Waals surface area contributed by atoms with Gasteiger partial charge in [-0.15, -0.1) is 6.42 Å². The topological polar surface area (TPSA) is 29.5 Å². The van der Waals surface area contributed by atoms with Gasteiger partial charge in [0.15, 0.2) is 0 Å². The summed E-state index contributed by atoms with van der Waals surface area (Å²) in [6.45, 7) is 1.36. The number of amides is 1. The molecule has 3 nitrogen and oxygen atoms in total. The summed E-state index contributed by atoms with van der Waals surface area (Å²) in [5, 5.41) is 0. The summed E-state index contributed by atoms with van der Waals surface area (Å²) in [6, 6.07) is 0. The molecule has 1 aliphatic rings. The Bertz CT molecular complexity index is 195. The van der Waals surface area contributed by atoms with Crippen molar-refractivity contribution in [3.63, 3.8) is 0 Å².